The molecule has 2 rings (SSSR count). The van der Waals surface area contributed by atoms with E-state index < -0.39 is 9.76 Å². The van der Waals surface area contributed by atoms with Gasteiger partial charge in [0.15, 0.2) is 15.5 Å². The van der Waals surface area contributed by atoms with E-state index in [2.05, 4.69) is 39.5 Å². The van der Waals surface area contributed by atoms with E-state index in [1.807, 2.05) is 0 Å². The Balaban J connectivity index is 2.09. The molecule has 0 saturated carbocycles. The second-order valence-corrected chi connectivity index (χ2v) is 11.4. The van der Waals surface area contributed by atoms with Crippen LogP contribution in [0.25, 0.3) is 0 Å². The Morgan fingerprint density at radius 3 is 2.40 bits per heavy atom. The maximum Gasteiger partial charge on any atom is 0.176 e. The molecule has 0 spiro atoms. The van der Waals surface area contributed by atoms with Gasteiger partial charge in [-0.1, -0.05) is 20.8 Å². The van der Waals surface area contributed by atoms with E-state index in [4.69, 9.17) is 10.2 Å². The van der Waals surface area contributed by atoms with Gasteiger partial charge in [0.1, 0.15) is 5.82 Å². The highest BCUT2D eigenvalue weighted by Crippen LogP contribution is 2.33. The van der Waals surface area contributed by atoms with E-state index in [0.717, 1.165) is 12.8 Å². The summed E-state index contributed by atoms with van der Waals surface area (Å²) >= 11 is 0. The molecule has 1 aromatic carbocycles. The van der Waals surface area contributed by atoms with Gasteiger partial charge in [0.25, 0.3) is 0 Å². The molecule has 1 unspecified atom stereocenters. The van der Waals surface area contributed by atoms with Crippen LogP contribution in [0, 0.1) is 5.82 Å². The van der Waals surface area contributed by atoms with E-state index in [1.165, 1.54) is 24.3 Å². The van der Waals surface area contributed by atoms with Gasteiger partial charge < -0.3 is 10.2 Å². The molecule has 0 aromatic heterocycles. The highest BCUT2D eigenvalue weighted by atomic mass is 28.2. The third-order valence-electron chi connectivity index (χ3n) is 4.73. The first kappa shape index (κ1) is 20.2. The van der Waals surface area contributed by atoms with Crippen LogP contribution in [0.3, 0.4) is 0 Å². The monoisotopic (exact) mass is 366 g/mol. The first-order valence-corrected chi connectivity index (χ1v) is 10.2. The van der Waals surface area contributed by atoms with Crippen LogP contribution in [-0.4, -0.2) is 44.8 Å². The van der Waals surface area contributed by atoms with Crippen molar-refractivity contribution in [2.45, 2.75) is 70.3 Å². The van der Waals surface area contributed by atoms with Gasteiger partial charge in [0, 0.05) is 11.6 Å². The Labute approximate surface area is 152 Å². The summed E-state index contributed by atoms with van der Waals surface area (Å²) in [4.78, 5) is 14.7. The molecule has 1 aliphatic heterocycles. The Hall–Kier alpha value is -1.08. The van der Waals surface area contributed by atoms with Crippen molar-refractivity contribution in [1.29, 1.82) is 0 Å². The molecule has 4 nitrogen and oxygen atoms in total. The average molecular weight is 367 g/mol. The highest BCUT2D eigenvalue weighted by Gasteiger charge is 2.42. The maximum atomic E-state index is 13.1. The molecule has 0 aliphatic carbocycles. The van der Waals surface area contributed by atoms with Crippen LogP contribution in [0.4, 0.5) is 4.39 Å². The fraction of sp³-hybridized carbons (Fsp3) is 0.632. The Morgan fingerprint density at radius 2 is 1.84 bits per heavy atom. The zero-order valence-electron chi connectivity index (χ0n) is 16.0. The van der Waals surface area contributed by atoms with Crippen molar-refractivity contribution in [3.8, 4) is 0 Å². The number of carbonyl (C=O) groups excluding carboxylic acids is 1. The highest BCUT2D eigenvalue weighted by molar-refractivity contribution is 6.31. The molecule has 1 saturated heterocycles. The van der Waals surface area contributed by atoms with Crippen LogP contribution in [0.15, 0.2) is 24.3 Å². The largest absolute Gasteiger partial charge is 0.417 e. The molecule has 1 fully saturated rings. The Kier molecular flexibility index (Phi) is 6.20. The lowest BCUT2D eigenvalue weighted by atomic mass is 9.96. The van der Waals surface area contributed by atoms with E-state index >= 15 is 0 Å². The number of nitrogens with two attached hydrogens (primary N) is 1. The van der Waals surface area contributed by atoms with Gasteiger partial charge in [0.2, 0.25) is 0 Å². The number of nitrogens with zero attached hydrogens (tertiary/aromatic N) is 1. The van der Waals surface area contributed by atoms with Gasteiger partial charge in [-0.2, -0.15) is 0 Å². The minimum Gasteiger partial charge on any atom is -0.417 e. The van der Waals surface area contributed by atoms with Crippen molar-refractivity contribution in [3.63, 3.8) is 0 Å². The topological polar surface area (TPSA) is 55.6 Å². The number of benzene rings is 1. The molecule has 0 amide bonds. The number of hydrogen-bond donors (Lipinski definition) is 1. The summed E-state index contributed by atoms with van der Waals surface area (Å²) in [6.45, 7) is 11.0. The van der Waals surface area contributed by atoms with Gasteiger partial charge in [0.05, 0.1) is 18.3 Å². The van der Waals surface area contributed by atoms with Gasteiger partial charge in [-0.25, -0.2) is 4.39 Å². The number of carbonyl (C=O) groups is 1. The number of likely N-dealkylation sites (tertiary alicyclic amines) is 1. The number of hydrogen-bond acceptors (Lipinski definition) is 4. The van der Waals surface area contributed by atoms with Crippen molar-refractivity contribution in [2.24, 2.45) is 5.73 Å². The fourth-order valence-corrected chi connectivity index (χ4v) is 4.25. The van der Waals surface area contributed by atoms with Crippen LogP contribution in [0.2, 0.25) is 5.04 Å². The predicted octanol–water partition coefficient (Wildman–Crippen LogP) is 2.86. The minimum absolute atomic E-state index is 0.0359. The molecular formula is C19H31FN2O2Si. The summed E-state index contributed by atoms with van der Waals surface area (Å²) in [5.41, 5.74) is 6.45. The van der Waals surface area contributed by atoms with Crippen molar-refractivity contribution < 1.29 is 13.6 Å². The lowest BCUT2D eigenvalue weighted by molar-refractivity contribution is 0.00999. The molecule has 1 aromatic rings. The van der Waals surface area contributed by atoms with E-state index in [-0.39, 0.29) is 41.0 Å². The number of ketones is 1. The number of Topliss-reactive ketones (excluding diaryl/α,β-unsaturated/α-hetero) is 1. The minimum atomic E-state index is -0.704. The van der Waals surface area contributed by atoms with Crippen molar-refractivity contribution in [2.75, 3.05) is 6.54 Å². The summed E-state index contributed by atoms with van der Waals surface area (Å²) < 4.78 is 19.4. The first-order valence-electron chi connectivity index (χ1n) is 8.94. The summed E-state index contributed by atoms with van der Waals surface area (Å²) in [6.07, 6.45) is 1.63. The Bertz CT molecular complexity index is 598. The van der Waals surface area contributed by atoms with Crippen LogP contribution >= 0.6 is 0 Å². The van der Waals surface area contributed by atoms with Gasteiger partial charge >= 0.3 is 0 Å². The van der Waals surface area contributed by atoms with Crippen LogP contribution in [0.5, 0.6) is 0 Å². The van der Waals surface area contributed by atoms with E-state index in [0.29, 0.717) is 5.56 Å². The molecular weight excluding hydrogens is 335 g/mol. The number of rotatable bonds is 6. The quantitative estimate of drug-likeness (QED) is 0.621. The zero-order valence-corrected chi connectivity index (χ0v) is 17.4. The number of halogens is 1. The molecule has 25 heavy (non-hydrogen) atoms. The molecule has 1 aliphatic rings. The fourth-order valence-electron chi connectivity index (χ4n) is 3.26. The zero-order chi connectivity index (χ0) is 18.8. The lowest BCUT2D eigenvalue weighted by Gasteiger charge is -2.40. The summed E-state index contributed by atoms with van der Waals surface area (Å²) in [5, 5.41) is 0.215. The molecule has 0 radical (unpaired) electrons. The van der Waals surface area contributed by atoms with E-state index in [9.17, 15) is 9.18 Å². The van der Waals surface area contributed by atoms with Gasteiger partial charge in [-0.05, 0) is 56.0 Å². The van der Waals surface area contributed by atoms with Crippen molar-refractivity contribution in [3.05, 3.63) is 35.6 Å². The third-order valence-corrected chi connectivity index (χ3v) is 6.49. The van der Waals surface area contributed by atoms with Crippen LogP contribution < -0.4 is 5.73 Å². The van der Waals surface area contributed by atoms with Gasteiger partial charge in [-0.3, -0.25) is 9.69 Å². The maximum absolute atomic E-state index is 13.1. The standard InChI is InChI=1S/C19H31FN2O2Si/c1-18(2,3)25-24-19(4,5)16-10-11-17(21)22(16)12-15(23)13-6-8-14(20)9-7-13/h6-9,16-17H,10-12,21,25H2,1-5H3/t16?,17-/m0/s1. The lowest BCUT2D eigenvalue weighted by Crippen LogP contribution is -2.54. The van der Waals surface area contributed by atoms with Crippen molar-refractivity contribution in [1.82, 2.24) is 4.90 Å². The second kappa shape index (κ2) is 7.66. The Morgan fingerprint density at radius 1 is 1.24 bits per heavy atom. The first-order chi connectivity index (χ1) is 11.5. The average Bonchev–Trinajstić information content (AvgIpc) is 2.87. The summed E-state index contributed by atoms with van der Waals surface area (Å²) in [7, 11) is -0.704. The van der Waals surface area contributed by atoms with E-state index in [1.54, 1.807) is 0 Å². The predicted molar refractivity (Wildman–Crippen MR) is 102 cm³/mol. The second-order valence-electron chi connectivity index (χ2n) is 8.72. The summed E-state index contributed by atoms with van der Waals surface area (Å²) in [6, 6.07) is 5.81. The molecule has 140 valence electrons. The van der Waals surface area contributed by atoms with Crippen LogP contribution in [-0.2, 0) is 4.43 Å². The van der Waals surface area contributed by atoms with Crippen LogP contribution in [0.1, 0.15) is 57.8 Å². The normalized spacial score (nSPS) is 22.8. The molecule has 2 atom stereocenters. The molecule has 1 heterocycles. The molecule has 2 N–H and O–H groups in total. The molecule has 0 bridgehead atoms. The smallest absolute Gasteiger partial charge is 0.176 e. The summed E-state index contributed by atoms with van der Waals surface area (Å²) in [5.74, 6) is -0.375. The van der Waals surface area contributed by atoms with Gasteiger partial charge in [-0.15, -0.1) is 0 Å². The SMILES string of the molecule is CC(C)(C)[SiH2]OC(C)(C)C1CC[C@@H](N)N1CC(=O)c1ccc(F)cc1. The molecule has 6 heteroatoms. The van der Waals surface area contributed by atoms with Crippen molar-refractivity contribution >= 4 is 15.5 Å². The third kappa shape index (κ3) is 5.44.